The van der Waals surface area contributed by atoms with Crippen molar-refractivity contribution in [2.45, 2.75) is 55.4 Å². The molecule has 0 aliphatic rings. The van der Waals surface area contributed by atoms with E-state index in [0.717, 1.165) is 22.8 Å². The summed E-state index contributed by atoms with van der Waals surface area (Å²) in [4.78, 5) is 8.99. The van der Waals surface area contributed by atoms with Gasteiger partial charge in [-0.15, -0.1) is 0 Å². The predicted molar refractivity (Wildman–Crippen MR) is 108 cm³/mol. The molecule has 130 valence electrons. The standard InChI is InChI=1S/C18H20N2.2C2H6/c1-5-7-15(6-2)16-8-10-17(11-9-16)18-19-13(3)12-14(4)20-18;2*1-2/h5-12H,1-4H3;2*1-2H3/b7-5-,15-6+;;. The second-order valence-electron chi connectivity index (χ2n) is 4.80. The molecule has 0 aliphatic carbocycles. The van der Waals surface area contributed by atoms with E-state index in [0.29, 0.717) is 0 Å². The molecule has 1 heterocycles. The Bertz CT molecular complexity index is 630. The topological polar surface area (TPSA) is 25.8 Å². The highest BCUT2D eigenvalue weighted by Gasteiger charge is 2.04. The van der Waals surface area contributed by atoms with Gasteiger partial charge in [0.1, 0.15) is 0 Å². The van der Waals surface area contributed by atoms with Crippen LogP contribution in [0.15, 0.2) is 48.6 Å². The van der Waals surface area contributed by atoms with Gasteiger partial charge in [-0.2, -0.15) is 0 Å². The first-order valence-electron chi connectivity index (χ1n) is 8.86. The Balaban J connectivity index is 0.00000123. The maximum absolute atomic E-state index is 4.50. The Morgan fingerprint density at radius 3 is 1.75 bits per heavy atom. The van der Waals surface area contributed by atoms with Crippen molar-refractivity contribution in [1.29, 1.82) is 0 Å². The van der Waals surface area contributed by atoms with Crippen molar-refractivity contribution >= 4 is 5.57 Å². The molecule has 0 bridgehead atoms. The third-order valence-corrected chi connectivity index (χ3v) is 3.12. The van der Waals surface area contributed by atoms with E-state index in [4.69, 9.17) is 0 Å². The van der Waals surface area contributed by atoms with Crippen LogP contribution in [0, 0.1) is 13.8 Å². The number of aryl methyl sites for hydroxylation is 2. The van der Waals surface area contributed by atoms with Crippen molar-refractivity contribution in [1.82, 2.24) is 9.97 Å². The van der Waals surface area contributed by atoms with Gasteiger partial charge in [0, 0.05) is 17.0 Å². The highest BCUT2D eigenvalue weighted by Crippen LogP contribution is 2.21. The molecule has 0 aliphatic heterocycles. The number of rotatable bonds is 3. The first kappa shape index (κ1) is 21.8. The summed E-state index contributed by atoms with van der Waals surface area (Å²) in [6.45, 7) is 16.1. The van der Waals surface area contributed by atoms with Gasteiger partial charge in [0.25, 0.3) is 0 Å². The lowest BCUT2D eigenvalue weighted by Crippen LogP contribution is -1.94. The van der Waals surface area contributed by atoms with Crippen LogP contribution in [-0.4, -0.2) is 9.97 Å². The number of nitrogens with zero attached hydrogens (tertiary/aromatic N) is 2. The Morgan fingerprint density at radius 2 is 1.33 bits per heavy atom. The molecule has 24 heavy (non-hydrogen) atoms. The van der Waals surface area contributed by atoms with Gasteiger partial charge in [-0.3, -0.25) is 0 Å². The smallest absolute Gasteiger partial charge is 0.159 e. The van der Waals surface area contributed by atoms with Gasteiger partial charge < -0.3 is 0 Å². The lowest BCUT2D eigenvalue weighted by Gasteiger charge is -2.06. The van der Waals surface area contributed by atoms with Gasteiger partial charge in [0.2, 0.25) is 0 Å². The molecule has 0 radical (unpaired) electrons. The molecule has 1 aromatic carbocycles. The second kappa shape index (κ2) is 12.2. The minimum atomic E-state index is 0.794. The zero-order valence-electron chi connectivity index (χ0n) is 16.5. The van der Waals surface area contributed by atoms with Crippen LogP contribution >= 0.6 is 0 Å². The molecular weight excluding hydrogens is 292 g/mol. The van der Waals surface area contributed by atoms with E-state index in [2.05, 4.69) is 59.4 Å². The maximum Gasteiger partial charge on any atom is 0.159 e. The lowest BCUT2D eigenvalue weighted by molar-refractivity contribution is 1.06. The van der Waals surface area contributed by atoms with E-state index >= 15 is 0 Å². The first-order valence-corrected chi connectivity index (χ1v) is 8.86. The van der Waals surface area contributed by atoms with Crippen LogP contribution in [0.1, 0.15) is 58.5 Å². The summed E-state index contributed by atoms with van der Waals surface area (Å²) in [5.41, 5.74) is 5.48. The normalized spacial score (nSPS) is 10.6. The van der Waals surface area contributed by atoms with Crippen LogP contribution < -0.4 is 0 Å². The molecular formula is C22H32N2. The van der Waals surface area contributed by atoms with Crippen molar-refractivity contribution in [3.05, 3.63) is 65.5 Å². The van der Waals surface area contributed by atoms with Crippen molar-refractivity contribution in [3.8, 4) is 11.4 Å². The highest BCUT2D eigenvalue weighted by atomic mass is 14.9. The number of aromatic nitrogens is 2. The van der Waals surface area contributed by atoms with Crippen LogP contribution in [0.25, 0.3) is 17.0 Å². The lowest BCUT2D eigenvalue weighted by atomic mass is 10.0. The SMILES string of the molecule is C/C=C\C(=C/C)c1ccc(-c2nc(C)cc(C)n2)cc1.CC.CC. The van der Waals surface area contributed by atoms with Crippen molar-refractivity contribution in [2.24, 2.45) is 0 Å². The first-order chi connectivity index (χ1) is 11.6. The molecule has 0 spiro atoms. The Kier molecular flexibility index (Phi) is 11.1. The van der Waals surface area contributed by atoms with Gasteiger partial charge in [-0.05, 0) is 44.9 Å². The third-order valence-electron chi connectivity index (χ3n) is 3.12. The Hall–Kier alpha value is -2.22. The average molecular weight is 325 g/mol. The summed E-state index contributed by atoms with van der Waals surface area (Å²) in [5, 5.41) is 0. The quantitative estimate of drug-likeness (QED) is 0.581. The summed E-state index contributed by atoms with van der Waals surface area (Å²) >= 11 is 0. The van der Waals surface area contributed by atoms with Gasteiger partial charge in [0.15, 0.2) is 5.82 Å². The second-order valence-corrected chi connectivity index (χ2v) is 4.80. The van der Waals surface area contributed by atoms with E-state index in [1.165, 1.54) is 11.1 Å². The Labute approximate surface area is 148 Å². The van der Waals surface area contributed by atoms with Crippen LogP contribution in [0.3, 0.4) is 0 Å². The molecule has 0 unspecified atom stereocenters. The van der Waals surface area contributed by atoms with Crippen molar-refractivity contribution in [3.63, 3.8) is 0 Å². The molecule has 0 fully saturated rings. The number of hydrogen-bond donors (Lipinski definition) is 0. The molecule has 2 aromatic rings. The molecule has 0 atom stereocenters. The monoisotopic (exact) mass is 324 g/mol. The molecule has 1 aromatic heterocycles. The van der Waals surface area contributed by atoms with Gasteiger partial charge in [-0.1, -0.05) is 70.2 Å². The largest absolute Gasteiger partial charge is 0.233 e. The van der Waals surface area contributed by atoms with E-state index in [-0.39, 0.29) is 0 Å². The summed E-state index contributed by atoms with van der Waals surface area (Å²) in [6, 6.07) is 10.4. The molecule has 2 heteroatoms. The molecule has 0 amide bonds. The summed E-state index contributed by atoms with van der Waals surface area (Å²) in [5.74, 6) is 0.794. The maximum atomic E-state index is 4.50. The predicted octanol–water partition coefficient (Wildman–Crippen LogP) is 6.79. The Morgan fingerprint density at radius 1 is 0.833 bits per heavy atom. The van der Waals surface area contributed by atoms with E-state index < -0.39 is 0 Å². The van der Waals surface area contributed by atoms with E-state index in [1.54, 1.807) is 0 Å². The van der Waals surface area contributed by atoms with Gasteiger partial charge in [-0.25, -0.2) is 9.97 Å². The summed E-state index contributed by atoms with van der Waals surface area (Å²) in [7, 11) is 0. The van der Waals surface area contributed by atoms with Gasteiger partial charge in [0.05, 0.1) is 0 Å². The highest BCUT2D eigenvalue weighted by molar-refractivity contribution is 5.75. The number of hydrogen-bond acceptors (Lipinski definition) is 2. The summed E-state index contributed by atoms with van der Waals surface area (Å²) in [6.07, 6.45) is 6.28. The zero-order chi connectivity index (χ0) is 18.5. The van der Waals surface area contributed by atoms with Gasteiger partial charge >= 0.3 is 0 Å². The third kappa shape index (κ3) is 6.49. The molecule has 0 N–H and O–H groups in total. The van der Waals surface area contributed by atoms with Crippen LogP contribution in [-0.2, 0) is 0 Å². The van der Waals surface area contributed by atoms with Crippen LogP contribution in [0.5, 0.6) is 0 Å². The molecule has 0 saturated carbocycles. The zero-order valence-corrected chi connectivity index (χ0v) is 16.5. The number of benzene rings is 1. The van der Waals surface area contributed by atoms with Crippen LogP contribution in [0.2, 0.25) is 0 Å². The van der Waals surface area contributed by atoms with Crippen molar-refractivity contribution < 1.29 is 0 Å². The van der Waals surface area contributed by atoms with Crippen LogP contribution in [0.4, 0.5) is 0 Å². The fraction of sp³-hybridized carbons (Fsp3) is 0.364. The fourth-order valence-electron chi connectivity index (χ4n) is 2.21. The fourth-order valence-corrected chi connectivity index (χ4v) is 2.21. The minimum Gasteiger partial charge on any atom is -0.233 e. The van der Waals surface area contributed by atoms with E-state index in [1.807, 2.05) is 54.5 Å². The van der Waals surface area contributed by atoms with E-state index in [9.17, 15) is 0 Å². The minimum absolute atomic E-state index is 0.794. The molecule has 0 saturated heterocycles. The van der Waals surface area contributed by atoms with Crippen molar-refractivity contribution in [2.75, 3.05) is 0 Å². The molecule has 2 rings (SSSR count). The molecule has 2 nitrogen and oxygen atoms in total. The summed E-state index contributed by atoms with van der Waals surface area (Å²) < 4.78 is 0. The average Bonchev–Trinajstić information content (AvgIpc) is 2.62. The number of allylic oxidation sites excluding steroid dienone is 4.